The molecule has 0 aliphatic heterocycles. The second kappa shape index (κ2) is 8.73. The number of aromatic amines is 1. The summed E-state index contributed by atoms with van der Waals surface area (Å²) in [7, 11) is 0. The van der Waals surface area contributed by atoms with E-state index in [1.165, 1.54) is 0 Å². The van der Waals surface area contributed by atoms with Crippen molar-refractivity contribution in [2.75, 3.05) is 17.2 Å². The molecule has 0 aliphatic rings. The Morgan fingerprint density at radius 3 is 2.43 bits per heavy atom. The zero-order chi connectivity index (χ0) is 21.7. The first-order valence-electron chi connectivity index (χ1n) is 9.52. The van der Waals surface area contributed by atoms with Crippen LogP contribution in [-0.4, -0.2) is 29.2 Å². The molecular formula is C23H25N3O4. The number of ether oxygens (including phenoxy) is 2. The number of H-pyrrole nitrogens is 1. The number of rotatable bonds is 6. The van der Waals surface area contributed by atoms with Crippen molar-refractivity contribution in [1.82, 2.24) is 4.98 Å². The number of hydrogen-bond acceptors (Lipinski definition) is 4. The summed E-state index contributed by atoms with van der Waals surface area (Å²) in [6, 6.07) is 14.2. The van der Waals surface area contributed by atoms with Crippen LogP contribution in [0.3, 0.4) is 0 Å². The van der Waals surface area contributed by atoms with Crippen molar-refractivity contribution in [3.8, 4) is 5.75 Å². The Morgan fingerprint density at radius 2 is 1.77 bits per heavy atom. The standard InChI is InChI=1S/C23H25N3O4/c1-5-12-29-16-10-11-17-15(13-16)14-20(24-17)21(27)25-18-8-6-7-9-19(18)26-22(28)30-23(2,3)4/h5-11,13-14,24H,1,12H2,2-4H3,(H,25,27)(H,26,28). The van der Waals surface area contributed by atoms with Gasteiger partial charge in [-0.2, -0.15) is 0 Å². The molecule has 156 valence electrons. The van der Waals surface area contributed by atoms with Crippen molar-refractivity contribution in [3.05, 3.63) is 66.9 Å². The maximum absolute atomic E-state index is 12.8. The second-order valence-electron chi connectivity index (χ2n) is 7.66. The SMILES string of the molecule is C=CCOc1ccc2[nH]c(C(=O)Nc3ccccc3NC(=O)OC(C)(C)C)cc2c1. The number of para-hydroxylation sites is 2. The molecule has 2 aromatic carbocycles. The Balaban J connectivity index is 1.76. The normalized spacial score (nSPS) is 11.0. The molecule has 2 amide bonds. The zero-order valence-corrected chi connectivity index (χ0v) is 17.2. The number of carbonyl (C=O) groups is 2. The lowest BCUT2D eigenvalue weighted by molar-refractivity contribution is 0.0635. The van der Waals surface area contributed by atoms with Crippen molar-refractivity contribution < 1.29 is 19.1 Å². The van der Waals surface area contributed by atoms with Crippen molar-refractivity contribution in [2.45, 2.75) is 26.4 Å². The van der Waals surface area contributed by atoms with Crippen LogP contribution in [0.5, 0.6) is 5.75 Å². The van der Waals surface area contributed by atoms with Gasteiger partial charge >= 0.3 is 6.09 Å². The minimum absolute atomic E-state index is 0.335. The highest BCUT2D eigenvalue weighted by Crippen LogP contribution is 2.25. The van der Waals surface area contributed by atoms with Gasteiger partial charge in [-0.25, -0.2) is 4.79 Å². The number of hydrogen-bond donors (Lipinski definition) is 3. The molecule has 3 aromatic rings. The van der Waals surface area contributed by atoms with Crippen molar-refractivity contribution >= 4 is 34.3 Å². The number of nitrogens with one attached hydrogen (secondary N) is 3. The Bertz CT molecular complexity index is 1080. The maximum atomic E-state index is 12.8. The predicted octanol–water partition coefficient (Wildman–Crippen LogP) is 5.33. The maximum Gasteiger partial charge on any atom is 0.412 e. The summed E-state index contributed by atoms with van der Waals surface area (Å²) in [4.78, 5) is 28.0. The molecule has 30 heavy (non-hydrogen) atoms. The first-order chi connectivity index (χ1) is 14.2. The quantitative estimate of drug-likeness (QED) is 0.482. The van der Waals surface area contributed by atoms with E-state index in [0.717, 1.165) is 10.9 Å². The van der Waals surface area contributed by atoms with Gasteiger partial charge in [-0.3, -0.25) is 10.1 Å². The minimum atomic E-state index is -0.624. The summed E-state index contributed by atoms with van der Waals surface area (Å²) in [5.74, 6) is 0.360. The largest absolute Gasteiger partial charge is 0.490 e. The Hall–Kier alpha value is -3.74. The van der Waals surface area contributed by atoms with Crippen LogP contribution in [0.15, 0.2) is 61.2 Å². The molecule has 0 bridgehead atoms. The predicted molar refractivity (Wildman–Crippen MR) is 118 cm³/mol. The van der Waals surface area contributed by atoms with E-state index in [1.807, 2.05) is 18.2 Å². The van der Waals surface area contributed by atoms with Crippen LogP contribution < -0.4 is 15.4 Å². The molecule has 0 saturated heterocycles. The highest BCUT2D eigenvalue weighted by Gasteiger charge is 2.18. The number of aromatic nitrogens is 1. The van der Waals surface area contributed by atoms with E-state index < -0.39 is 11.7 Å². The third-order valence-corrected chi connectivity index (χ3v) is 4.02. The van der Waals surface area contributed by atoms with Gasteiger partial charge < -0.3 is 19.8 Å². The molecule has 7 heteroatoms. The number of anilines is 2. The third kappa shape index (κ3) is 5.41. The lowest BCUT2D eigenvalue weighted by Crippen LogP contribution is -2.27. The van der Waals surface area contributed by atoms with Gasteiger partial charge in [-0.15, -0.1) is 0 Å². The summed E-state index contributed by atoms with van der Waals surface area (Å²) in [5.41, 5.74) is 1.48. The minimum Gasteiger partial charge on any atom is -0.490 e. The summed E-state index contributed by atoms with van der Waals surface area (Å²) in [5, 5.41) is 6.34. The van der Waals surface area contributed by atoms with Crippen LogP contribution in [0.25, 0.3) is 10.9 Å². The molecule has 0 unspecified atom stereocenters. The first kappa shape index (κ1) is 21.0. The number of carbonyl (C=O) groups excluding carboxylic acids is 2. The molecule has 3 rings (SSSR count). The molecule has 0 radical (unpaired) electrons. The molecule has 0 spiro atoms. The molecule has 1 aromatic heterocycles. The monoisotopic (exact) mass is 407 g/mol. The van der Waals surface area contributed by atoms with Crippen molar-refractivity contribution in [2.24, 2.45) is 0 Å². The second-order valence-corrected chi connectivity index (χ2v) is 7.66. The molecule has 0 saturated carbocycles. The number of amides is 2. The first-order valence-corrected chi connectivity index (χ1v) is 9.52. The number of benzene rings is 2. The summed E-state index contributed by atoms with van der Waals surface area (Å²) >= 11 is 0. The Kier molecular flexibility index (Phi) is 6.11. The van der Waals surface area contributed by atoms with Crippen LogP contribution in [0.1, 0.15) is 31.3 Å². The van der Waals surface area contributed by atoms with Gasteiger partial charge in [0.25, 0.3) is 5.91 Å². The Morgan fingerprint density at radius 1 is 1.07 bits per heavy atom. The third-order valence-electron chi connectivity index (χ3n) is 4.02. The van der Waals surface area contributed by atoms with Gasteiger partial charge in [-0.1, -0.05) is 24.8 Å². The van der Waals surface area contributed by atoms with Gasteiger partial charge in [-0.05, 0) is 57.2 Å². The zero-order valence-electron chi connectivity index (χ0n) is 17.2. The topological polar surface area (TPSA) is 92.5 Å². The highest BCUT2D eigenvalue weighted by molar-refractivity contribution is 6.08. The molecular weight excluding hydrogens is 382 g/mol. The van der Waals surface area contributed by atoms with Gasteiger partial charge in [0.1, 0.15) is 23.7 Å². The van der Waals surface area contributed by atoms with Crippen LogP contribution in [0, 0.1) is 0 Å². The van der Waals surface area contributed by atoms with Gasteiger partial charge in [0.05, 0.1) is 11.4 Å². The van der Waals surface area contributed by atoms with E-state index in [4.69, 9.17) is 9.47 Å². The van der Waals surface area contributed by atoms with Crippen LogP contribution in [0.2, 0.25) is 0 Å². The summed E-state index contributed by atoms with van der Waals surface area (Å²) < 4.78 is 10.8. The van der Waals surface area contributed by atoms with Crippen LogP contribution in [-0.2, 0) is 4.74 Å². The van der Waals surface area contributed by atoms with E-state index in [-0.39, 0.29) is 5.91 Å². The number of fused-ring (bicyclic) bond motifs is 1. The highest BCUT2D eigenvalue weighted by atomic mass is 16.6. The summed E-state index contributed by atoms with van der Waals surface area (Å²) in [6.07, 6.45) is 1.07. The Labute approximate surface area is 175 Å². The molecule has 0 fully saturated rings. The smallest absolute Gasteiger partial charge is 0.412 e. The average Bonchev–Trinajstić information content (AvgIpc) is 3.10. The molecule has 0 aliphatic carbocycles. The fourth-order valence-electron chi connectivity index (χ4n) is 2.78. The van der Waals surface area contributed by atoms with Crippen LogP contribution >= 0.6 is 0 Å². The fraction of sp³-hybridized carbons (Fsp3) is 0.217. The molecule has 0 atom stereocenters. The van der Waals surface area contributed by atoms with Crippen molar-refractivity contribution in [1.29, 1.82) is 0 Å². The lowest BCUT2D eigenvalue weighted by atomic mass is 10.2. The van der Waals surface area contributed by atoms with E-state index in [1.54, 1.807) is 57.2 Å². The molecule has 3 N–H and O–H groups in total. The van der Waals surface area contributed by atoms with Crippen molar-refractivity contribution in [3.63, 3.8) is 0 Å². The van der Waals surface area contributed by atoms with Crippen LogP contribution in [0.4, 0.5) is 16.2 Å². The van der Waals surface area contributed by atoms with E-state index >= 15 is 0 Å². The van der Waals surface area contributed by atoms with E-state index in [2.05, 4.69) is 22.2 Å². The van der Waals surface area contributed by atoms with Gasteiger partial charge in [0.2, 0.25) is 0 Å². The van der Waals surface area contributed by atoms with E-state index in [9.17, 15) is 9.59 Å². The fourth-order valence-corrected chi connectivity index (χ4v) is 2.78. The molecule has 7 nitrogen and oxygen atoms in total. The van der Waals surface area contributed by atoms with E-state index in [0.29, 0.717) is 29.4 Å². The average molecular weight is 407 g/mol. The van der Waals surface area contributed by atoms with Gasteiger partial charge in [0, 0.05) is 10.9 Å². The lowest BCUT2D eigenvalue weighted by Gasteiger charge is -2.20. The van der Waals surface area contributed by atoms with Gasteiger partial charge in [0.15, 0.2) is 0 Å². The summed E-state index contributed by atoms with van der Waals surface area (Å²) in [6.45, 7) is 9.38. The molecule has 1 heterocycles.